The fourth-order valence-electron chi connectivity index (χ4n) is 2.68. The van der Waals surface area contributed by atoms with Crippen molar-refractivity contribution in [3.8, 4) is 5.75 Å². The molecule has 0 aromatic heterocycles. The van der Waals surface area contributed by atoms with Crippen molar-refractivity contribution in [3.63, 3.8) is 0 Å². The van der Waals surface area contributed by atoms with E-state index in [1.54, 1.807) is 4.90 Å². The molecular formula is C16H19F2NO4. The first-order valence-electron chi connectivity index (χ1n) is 7.53. The number of rotatable bonds is 6. The summed E-state index contributed by atoms with van der Waals surface area (Å²) in [5.74, 6) is -2.70. The summed E-state index contributed by atoms with van der Waals surface area (Å²) in [5, 5.41) is 8.71. The molecule has 0 radical (unpaired) electrons. The molecule has 1 amide bonds. The smallest absolute Gasteiger partial charge is 0.303 e. The Kier molecular flexibility index (Phi) is 5.90. The van der Waals surface area contributed by atoms with Crippen LogP contribution in [-0.2, 0) is 9.59 Å². The highest BCUT2D eigenvalue weighted by molar-refractivity contribution is 5.77. The number of aliphatic carboxylic acids is 1. The first-order chi connectivity index (χ1) is 11.0. The molecule has 1 N–H and O–H groups in total. The molecule has 0 spiro atoms. The molecule has 126 valence electrons. The molecule has 1 atom stereocenters. The fraction of sp³-hybridized carbons (Fsp3) is 0.500. The molecule has 5 nitrogen and oxygen atoms in total. The molecule has 0 saturated carbocycles. The van der Waals surface area contributed by atoms with Crippen molar-refractivity contribution in [1.82, 2.24) is 4.90 Å². The van der Waals surface area contributed by atoms with E-state index in [0.29, 0.717) is 25.6 Å². The number of amides is 1. The number of carboxylic acid groups (broad SMARTS) is 1. The number of hydrogen-bond acceptors (Lipinski definition) is 3. The van der Waals surface area contributed by atoms with Crippen LogP contribution in [0.25, 0.3) is 0 Å². The summed E-state index contributed by atoms with van der Waals surface area (Å²) in [5.41, 5.74) is 0. The number of piperidine rings is 1. The minimum absolute atomic E-state index is 0.0873. The van der Waals surface area contributed by atoms with Crippen LogP contribution in [-0.4, -0.2) is 41.6 Å². The zero-order valence-electron chi connectivity index (χ0n) is 12.6. The van der Waals surface area contributed by atoms with Crippen LogP contribution in [0.2, 0.25) is 0 Å². The van der Waals surface area contributed by atoms with Gasteiger partial charge in [-0.05, 0) is 37.3 Å². The van der Waals surface area contributed by atoms with E-state index in [1.807, 2.05) is 0 Å². The molecule has 1 aliphatic heterocycles. The Bertz CT molecular complexity index is 579. The van der Waals surface area contributed by atoms with Gasteiger partial charge in [0.05, 0.1) is 0 Å². The van der Waals surface area contributed by atoms with Crippen molar-refractivity contribution < 1.29 is 28.2 Å². The SMILES string of the molecule is O=C(O)CC[C@@H]1CCCN(C(=O)COc2ccc(F)cc2F)C1. The highest BCUT2D eigenvalue weighted by Gasteiger charge is 2.24. The van der Waals surface area contributed by atoms with Gasteiger partial charge < -0.3 is 14.7 Å². The van der Waals surface area contributed by atoms with Crippen molar-refractivity contribution in [2.75, 3.05) is 19.7 Å². The molecule has 1 saturated heterocycles. The highest BCUT2D eigenvalue weighted by atomic mass is 19.1. The van der Waals surface area contributed by atoms with Crippen LogP contribution >= 0.6 is 0 Å². The standard InChI is InChI=1S/C16H19F2NO4/c17-12-4-5-14(13(18)8-12)23-10-15(20)19-7-1-2-11(9-19)3-6-16(21)22/h4-5,8,11H,1-3,6-7,9-10H2,(H,21,22)/t11-/m0/s1. The molecule has 0 bridgehead atoms. The average Bonchev–Trinajstić information content (AvgIpc) is 2.52. The normalized spacial score (nSPS) is 17.8. The predicted molar refractivity (Wildman–Crippen MR) is 78.0 cm³/mol. The van der Waals surface area contributed by atoms with Gasteiger partial charge in [0.25, 0.3) is 5.91 Å². The monoisotopic (exact) mass is 327 g/mol. The van der Waals surface area contributed by atoms with E-state index >= 15 is 0 Å². The van der Waals surface area contributed by atoms with Gasteiger partial charge in [0.2, 0.25) is 0 Å². The number of carboxylic acids is 1. The van der Waals surface area contributed by atoms with Crippen molar-refractivity contribution in [2.45, 2.75) is 25.7 Å². The van der Waals surface area contributed by atoms with E-state index in [2.05, 4.69) is 0 Å². The minimum Gasteiger partial charge on any atom is -0.481 e. The van der Waals surface area contributed by atoms with E-state index in [1.165, 1.54) is 0 Å². The second-order valence-corrected chi connectivity index (χ2v) is 5.64. The van der Waals surface area contributed by atoms with Crippen LogP contribution in [0, 0.1) is 17.6 Å². The van der Waals surface area contributed by atoms with E-state index < -0.39 is 17.6 Å². The van der Waals surface area contributed by atoms with Crippen molar-refractivity contribution >= 4 is 11.9 Å². The van der Waals surface area contributed by atoms with E-state index in [-0.39, 0.29) is 30.6 Å². The van der Waals surface area contributed by atoms with Crippen LogP contribution in [0.15, 0.2) is 18.2 Å². The molecule has 23 heavy (non-hydrogen) atoms. The number of nitrogens with zero attached hydrogens (tertiary/aromatic N) is 1. The first kappa shape index (κ1) is 17.2. The maximum absolute atomic E-state index is 13.4. The molecule has 1 fully saturated rings. The Morgan fingerprint density at radius 2 is 2.13 bits per heavy atom. The van der Waals surface area contributed by atoms with Crippen LogP contribution in [0.4, 0.5) is 8.78 Å². The molecular weight excluding hydrogens is 308 g/mol. The zero-order chi connectivity index (χ0) is 16.8. The van der Waals surface area contributed by atoms with Crippen LogP contribution in [0.3, 0.4) is 0 Å². The molecule has 0 unspecified atom stereocenters. The number of carbonyl (C=O) groups excluding carboxylic acids is 1. The van der Waals surface area contributed by atoms with Crippen LogP contribution < -0.4 is 4.74 Å². The molecule has 0 aliphatic carbocycles. The molecule has 1 heterocycles. The van der Waals surface area contributed by atoms with Gasteiger partial charge in [-0.1, -0.05) is 0 Å². The molecule has 1 aromatic rings. The number of carbonyl (C=O) groups is 2. The zero-order valence-corrected chi connectivity index (χ0v) is 12.6. The van der Waals surface area contributed by atoms with Gasteiger partial charge in [0.15, 0.2) is 18.2 Å². The summed E-state index contributed by atoms with van der Waals surface area (Å²) in [4.78, 5) is 24.3. The maximum Gasteiger partial charge on any atom is 0.303 e. The number of likely N-dealkylation sites (tertiary alicyclic amines) is 1. The first-order valence-corrected chi connectivity index (χ1v) is 7.53. The summed E-state index contributed by atoms with van der Waals surface area (Å²) >= 11 is 0. The Balaban J connectivity index is 1.83. The Hall–Kier alpha value is -2.18. The van der Waals surface area contributed by atoms with E-state index in [4.69, 9.17) is 9.84 Å². The lowest BCUT2D eigenvalue weighted by Crippen LogP contribution is -2.42. The van der Waals surface area contributed by atoms with Gasteiger partial charge >= 0.3 is 5.97 Å². The molecule has 7 heteroatoms. The summed E-state index contributed by atoms with van der Waals surface area (Å²) in [6.45, 7) is 0.743. The quantitative estimate of drug-likeness (QED) is 0.871. The van der Waals surface area contributed by atoms with Gasteiger partial charge in [-0.3, -0.25) is 9.59 Å². The van der Waals surface area contributed by atoms with Crippen LogP contribution in [0.1, 0.15) is 25.7 Å². The Morgan fingerprint density at radius 1 is 1.35 bits per heavy atom. The predicted octanol–water partition coefficient (Wildman–Crippen LogP) is 2.45. The van der Waals surface area contributed by atoms with Gasteiger partial charge in [-0.25, -0.2) is 8.78 Å². The topological polar surface area (TPSA) is 66.8 Å². The van der Waals surface area contributed by atoms with Crippen molar-refractivity contribution in [1.29, 1.82) is 0 Å². The molecule has 2 rings (SSSR count). The Morgan fingerprint density at radius 3 is 2.83 bits per heavy atom. The van der Waals surface area contributed by atoms with Gasteiger partial charge in [0.1, 0.15) is 5.82 Å². The summed E-state index contributed by atoms with van der Waals surface area (Å²) in [6, 6.07) is 2.90. The summed E-state index contributed by atoms with van der Waals surface area (Å²) in [6.07, 6.45) is 2.32. The largest absolute Gasteiger partial charge is 0.481 e. The summed E-state index contributed by atoms with van der Waals surface area (Å²) < 4.78 is 31.3. The maximum atomic E-state index is 13.4. The number of ether oxygens (including phenoxy) is 1. The lowest BCUT2D eigenvalue weighted by atomic mass is 9.93. The third-order valence-corrected chi connectivity index (χ3v) is 3.88. The minimum atomic E-state index is -0.851. The van der Waals surface area contributed by atoms with Crippen LogP contribution in [0.5, 0.6) is 5.75 Å². The van der Waals surface area contributed by atoms with Crippen molar-refractivity contribution in [3.05, 3.63) is 29.8 Å². The van der Waals surface area contributed by atoms with Gasteiger partial charge in [-0.15, -0.1) is 0 Å². The van der Waals surface area contributed by atoms with Gasteiger partial charge in [-0.2, -0.15) is 0 Å². The molecule has 1 aliphatic rings. The van der Waals surface area contributed by atoms with Gasteiger partial charge in [0, 0.05) is 25.6 Å². The number of benzene rings is 1. The third-order valence-electron chi connectivity index (χ3n) is 3.88. The highest BCUT2D eigenvalue weighted by Crippen LogP contribution is 2.22. The number of halogens is 2. The molecule has 1 aromatic carbocycles. The third kappa shape index (κ3) is 5.19. The fourth-order valence-corrected chi connectivity index (χ4v) is 2.68. The Labute approximate surface area is 132 Å². The lowest BCUT2D eigenvalue weighted by molar-refractivity contribution is -0.137. The second kappa shape index (κ2) is 7.89. The number of hydrogen-bond donors (Lipinski definition) is 1. The van der Waals surface area contributed by atoms with E-state index in [0.717, 1.165) is 25.0 Å². The lowest BCUT2D eigenvalue weighted by Gasteiger charge is -2.32. The van der Waals surface area contributed by atoms with Crippen molar-refractivity contribution in [2.24, 2.45) is 5.92 Å². The summed E-state index contributed by atoms with van der Waals surface area (Å²) in [7, 11) is 0. The second-order valence-electron chi connectivity index (χ2n) is 5.64. The average molecular weight is 327 g/mol. The van der Waals surface area contributed by atoms with E-state index in [9.17, 15) is 18.4 Å².